The molecule has 0 saturated carbocycles. The number of nitro benzene ring substituents is 1. The standard InChI is InChI=1S/C18H14NO6P/c20-17(15-6-5-12-3-1-2-4-14(12)11-15)18(26(23,24)25)13-7-9-16(10-8-13)19(21)22/h1-11,18H,(H2,23,24,25). The molecular weight excluding hydrogens is 357 g/mol. The molecule has 0 aromatic heterocycles. The van der Waals surface area contributed by atoms with E-state index in [2.05, 4.69) is 0 Å². The average Bonchev–Trinajstić information content (AvgIpc) is 2.60. The Bertz CT molecular complexity index is 1040. The summed E-state index contributed by atoms with van der Waals surface area (Å²) in [5.74, 6) is -0.738. The van der Waals surface area contributed by atoms with Crippen LogP contribution in [0.3, 0.4) is 0 Å². The predicted octanol–water partition coefficient (Wildman–Crippen LogP) is 3.85. The molecule has 0 aliphatic heterocycles. The maximum absolute atomic E-state index is 12.8. The van der Waals surface area contributed by atoms with E-state index in [1.165, 1.54) is 18.2 Å². The van der Waals surface area contributed by atoms with E-state index in [9.17, 15) is 29.3 Å². The van der Waals surface area contributed by atoms with Gasteiger partial charge in [-0.15, -0.1) is 0 Å². The van der Waals surface area contributed by atoms with E-state index in [1.807, 2.05) is 12.1 Å². The van der Waals surface area contributed by atoms with Crippen molar-refractivity contribution in [1.29, 1.82) is 0 Å². The minimum atomic E-state index is -4.84. The molecule has 0 radical (unpaired) electrons. The van der Waals surface area contributed by atoms with Gasteiger partial charge in [-0.1, -0.05) is 48.5 Å². The molecule has 3 rings (SSSR count). The van der Waals surface area contributed by atoms with Crippen molar-refractivity contribution in [3.63, 3.8) is 0 Å². The maximum Gasteiger partial charge on any atom is 0.340 e. The third-order valence-electron chi connectivity index (χ3n) is 4.04. The number of nitro groups is 1. The van der Waals surface area contributed by atoms with Crippen LogP contribution in [-0.2, 0) is 4.57 Å². The molecule has 0 spiro atoms. The summed E-state index contributed by atoms with van der Waals surface area (Å²) in [6, 6.07) is 16.7. The number of hydrogen-bond acceptors (Lipinski definition) is 4. The van der Waals surface area contributed by atoms with Crippen molar-refractivity contribution in [2.24, 2.45) is 0 Å². The van der Waals surface area contributed by atoms with E-state index in [-0.39, 0.29) is 16.8 Å². The first-order valence-electron chi connectivity index (χ1n) is 7.60. The summed E-state index contributed by atoms with van der Waals surface area (Å²) in [4.78, 5) is 42.4. The molecule has 0 aliphatic rings. The van der Waals surface area contributed by atoms with Crippen LogP contribution in [0.25, 0.3) is 10.8 Å². The molecule has 1 atom stereocenters. The molecule has 26 heavy (non-hydrogen) atoms. The van der Waals surface area contributed by atoms with Crippen LogP contribution in [0.5, 0.6) is 0 Å². The van der Waals surface area contributed by atoms with Crippen LogP contribution in [0, 0.1) is 10.1 Å². The second kappa shape index (κ2) is 6.80. The number of benzene rings is 3. The highest BCUT2D eigenvalue weighted by atomic mass is 31.2. The Labute approximate surface area is 148 Å². The summed E-state index contributed by atoms with van der Waals surface area (Å²) in [6.07, 6.45) is 0. The number of Topliss-reactive ketones (excluding diaryl/α,β-unsaturated/α-hetero) is 1. The van der Waals surface area contributed by atoms with Crippen LogP contribution in [0.4, 0.5) is 5.69 Å². The Morgan fingerprint density at radius 1 is 0.962 bits per heavy atom. The number of rotatable bonds is 5. The Morgan fingerprint density at radius 2 is 1.58 bits per heavy atom. The summed E-state index contributed by atoms with van der Waals surface area (Å²) in [5, 5.41) is 12.4. The van der Waals surface area contributed by atoms with E-state index in [0.29, 0.717) is 0 Å². The topological polar surface area (TPSA) is 118 Å². The zero-order valence-electron chi connectivity index (χ0n) is 13.4. The van der Waals surface area contributed by atoms with Crippen LogP contribution in [-0.4, -0.2) is 20.5 Å². The van der Waals surface area contributed by atoms with Crippen LogP contribution in [0.2, 0.25) is 0 Å². The Kier molecular flexibility index (Phi) is 4.70. The van der Waals surface area contributed by atoms with Crippen LogP contribution >= 0.6 is 7.60 Å². The zero-order chi connectivity index (χ0) is 18.9. The van der Waals surface area contributed by atoms with Gasteiger partial charge in [0, 0.05) is 17.7 Å². The maximum atomic E-state index is 12.8. The highest BCUT2D eigenvalue weighted by Crippen LogP contribution is 2.53. The first-order valence-corrected chi connectivity index (χ1v) is 9.28. The van der Waals surface area contributed by atoms with Gasteiger partial charge in [-0.05, 0) is 22.4 Å². The fourth-order valence-electron chi connectivity index (χ4n) is 2.78. The summed E-state index contributed by atoms with van der Waals surface area (Å²) in [7, 11) is -4.84. The van der Waals surface area contributed by atoms with Gasteiger partial charge in [-0.25, -0.2) is 0 Å². The minimum absolute atomic E-state index is 0.0297. The van der Waals surface area contributed by atoms with E-state index < -0.39 is 24.0 Å². The number of fused-ring (bicyclic) bond motifs is 1. The lowest BCUT2D eigenvalue weighted by atomic mass is 9.99. The molecule has 0 saturated heterocycles. The van der Waals surface area contributed by atoms with Gasteiger partial charge in [0.25, 0.3) is 5.69 Å². The van der Waals surface area contributed by atoms with E-state index >= 15 is 0 Å². The van der Waals surface area contributed by atoms with E-state index in [4.69, 9.17) is 0 Å². The number of carbonyl (C=O) groups excluding carboxylic acids is 1. The number of non-ortho nitro benzene ring substituents is 1. The zero-order valence-corrected chi connectivity index (χ0v) is 14.2. The first kappa shape index (κ1) is 17.9. The lowest BCUT2D eigenvalue weighted by molar-refractivity contribution is -0.384. The van der Waals surface area contributed by atoms with Gasteiger partial charge in [0.1, 0.15) is 5.66 Å². The summed E-state index contributed by atoms with van der Waals surface area (Å²) < 4.78 is 12.0. The van der Waals surface area contributed by atoms with Gasteiger partial charge < -0.3 is 9.79 Å². The van der Waals surface area contributed by atoms with Crippen molar-refractivity contribution in [3.8, 4) is 0 Å². The molecule has 1 unspecified atom stereocenters. The van der Waals surface area contributed by atoms with Gasteiger partial charge in [0.05, 0.1) is 4.92 Å². The summed E-state index contributed by atoms with van der Waals surface area (Å²) in [6.45, 7) is 0. The smallest absolute Gasteiger partial charge is 0.324 e. The van der Waals surface area contributed by atoms with E-state index in [1.54, 1.807) is 24.3 Å². The first-order chi connectivity index (χ1) is 12.3. The molecule has 0 bridgehead atoms. The molecule has 132 valence electrons. The Balaban J connectivity index is 2.05. The van der Waals surface area contributed by atoms with Gasteiger partial charge in [-0.3, -0.25) is 19.5 Å². The molecule has 0 aliphatic carbocycles. The lowest BCUT2D eigenvalue weighted by Gasteiger charge is -2.18. The molecule has 0 fully saturated rings. The molecule has 8 heteroatoms. The molecule has 7 nitrogen and oxygen atoms in total. The Morgan fingerprint density at radius 3 is 2.15 bits per heavy atom. The lowest BCUT2D eigenvalue weighted by Crippen LogP contribution is -2.13. The fourth-order valence-corrected chi connectivity index (χ4v) is 3.79. The largest absolute Gasteiger partial charge is 0.340 e. The number of ketones is 1. The number of hydrogen-bond donors (Lipinski definition) is 2. The van der Waals surface area contributed by atoms with Gasteiger partial charge in [0.2, 0.25) is 0 Å². The van der Waals surface area contributed by atoms with Crippen LogP contribution < -0.4 is 0 Å². The van der Waals surface area contributed by atoms with Crippen molar-refractivity contribution < 1.29 is 24.1 Å². The molecule has 0 amide bonds. The van der Waals surface area contributed by atoms with Crippen molar-refractivity contribution in [3.05, 3.63) is 88.0 Å². The van der Waals surface area contributed by atoms with Crippen LogP contribution in [0.15, 0.2) is 66.7 Å². The minimum Gasteiger partial charge on any atom is -0.324 e. The monoisotopic (exact) mass is 371 g/mol. The molecule has 3 aromatic carbocycles. The second-order valence-corrected chi connectivity index (χ2v) is 7.46. The average molecular weight is 371 g/mol. The van der Waals surface area contributed by atoms with Crippen molar-refractivity contribution in [2.45, 2.75) is 5.66 Å². The summed E-state index contributed by atoms with van der Waals surface area (Å²) >= 11 is 0. The normalized spacial score (nSPS) is 12.7. The van der Waals surface area contributed by atoms with Crippen LogP contribution in [0.1, 0.15) is 21.6 Å². The molecule has 0 heterocycles. The summed E-state index contributed by atoms with van der Waals surface area (Å²) in [5.41, 5.74) is -1.75. The van der Waals surface area contributed by atoms with E-state index in [0.717, 1.165) is 22.9 Å². The third kappa shape index (κ3) is 3.55. The molecule has 2 N–H and O–H groups in total. The van der Waals surface area contributed by atoms with Gasteiger partial charge >= 0.3 is 7.60 Å². The molecular formula is C18H14NO6P. The quantitative estimate of drug-likeness (QED) is 0.304. The van der Waals surface area contributed by atoms with Crippen molar-refractivity contribution in [1.82, 2.24) is 0 Å². The van der Waals surface area contributed by atoms with Gasteiger partial charge in [0.15, 0.2) is 5.78 Å². The second-order valence-electron chi connectivity index (χ2n) is 5.77. The highest BCUT2D eigenvalue weighted by molar-refractivity contribution is 7.53. The number of nitrogens with zero attached hydrogens (tertiary/aromatic N) is 1. The SMILES string of the molecule is O=C(c1ccc2ccccc2c1)C(c1ccc([N+](=O)[O-])cc1)P(=O)(O)O. The Hall–Kier alpha value is -2.86. The van der Waals surface area contributed by atoms with Crippen molar-refractivity contribution in [2.75, 3.05) is 0 Å². The van der Waals surface area contributed by atoms with Gasteiger partial charge in [-0.2, -0.15) is 0 Å². The van der Waals surface area contributed by atoms with Crippen molar-refractivity contribution >= 4 is 29.8 Å². The molecule has 3 aromatic rings. The third-order valence-corrected chi connectivity index (χ3v) is 5.24. The number of carbonyl (C=O) groups is 1. The highest BCUT2D eigenvalue weighted by Gasteiger charge is 2.37. The fraction of sp³-hybridized carbons (Fsp3) is 0.0556. The predicted molar refractivity (Wildman–Crippen MR) is 96.2 cm³/mol.